The van der Waals surface area contributed by atoms with Crippen molar-refractivity contribution in [2.45, 2.75) is 12.8 Å². The number of benzene rings is 2. The highest BCUT2D eigenvalue weighted by atomic mass is 16.5. The molecule has 0 aliphatic carbocycles. The summed E-state index contributed by atoms with van der Waals surface area (Å²) in [5.74, 6) is 1.74. The Kier molecular flexibility index (Phi) is 3.98. The zero-order valence-corrected chi connectivity index (χ0v) is 9.80. The van der Waals surface area contributed by atoms with E-state index in [4.69, 9.17) is 4.74 Å². The third-order valence-electron chi connectivity index (χ3n) is 2.54. The van der Waals surface area contributed by atoms with Crippen molar-refractivity contribution in [1.82, 2.24) is 0 Å². The summed E-state index contributed by atoms with van der Waals surface area (Å²) in [5.41, 5.74) is 1.31. The monoisotopic (exact) mass is 224 g/mol. The molecule has 0 saturated carbocycles. The summed E-state index contributed by atoms with van der Waals surface area (Å²) in [6.45, 7) is 3.72. The number of hydrogen-bond acceptors (Lipinski definition) is 1. The van der Waals surface area contributed by atoms with Gasteiger partial charge in [-0.3, -0.25) is 0 Å². The second-order valence-corrected chi connectivity index (χ2v) is 3.89. The number of rotatable bonds is 5. The van der Waals surface area contributed by atoms with Gasteiger partial charge in [-0.1, -0.05) is 36.4 Å². The van der Waals surface area contributed by atoms with Gasteiger partial charge in [0, 0.05) is 0 Å². The summed E-state index contributed by atoms with van der Waals surface area (Å²) in [6, 6.07) is 18.0. The van der Waals surface area contributed by atoms with Gasteiger partial charge in [0.2, 0.25) is 0 Å². The predicted octanol–water partition coefficient (Wildman–Crippen LogP) is 4.60. The minimum absolute atomic E-state index is 0.867. The van der Waals surface area contributed by atoms with Gasteiger partial charge in [-0.25, -0.2) is 0 Å². The number of para-hydroxylation sites is 1. The average Bonchev–Trinajstić information content (AvgIpc) is 2.39. The fourth-order valence-electron chi connectivity index (χ4n) is 1.62. The fraction of sp³-hybridized carbons (Fsp3) is 0.125. The first-order valence-electron chi connectivity index (χ1n) is 5.81. The third kappa shape index (κ3) is 3.49. The van der Waals surface area contributed by atoms with Gasteiger partial charge in [-0.15, -0.1) is 6.58 Å². The van der Waals surface area contributed by atoms with E-state index < -0.39 is 0 Å². The first kappa shape index (κ1) is 11.5. The van der Waals surface area contributed by atoms with Crippen LogP contribution in [0.3, 0.4) is 0 Å². The van der Waals surface area contributed by atoms with Crippen LogP contribution in [0.2, 0.25) is 0 Å². The lowest BCUT2D eigenvalue weighted by atomic mass is 10.1. The maximum absolute atomic E-state index is 5.72. The molecule has 0 aromatic heterocycles. The summed E-state index contributed by atoms with van der Waals surface area (Å²) in [4.78, 5) is 0. The highest BCUT2D eigenvalue weighted by Gasteiger charge is 1.96. The third-order valence-corrected chi connectivity index (χ3v) is 2.54. The van der Waals surface area contributed by atoms with Gasteiger partial charge < -0.3 is 4.74 Å². The van der Waals surface area contributed by atoms with Crippen LogP contribution in [0.15, 0.2) is 67.3 Å². The molecule has 0 saturated heterocycles. The van der Waals surface area contributed by atoms with Crippen LogP contribution in [-0.4, -0.2) is 0 Å². The molecular weight excluding hydrogens is 208 g/mol. The second kappa shape index (κ2) is 5.90. The molecule has 0 N–H and O–H groups in total. The van der Waals surface area contributed by atoms with Crippen molar-refractivity contribution in [2.75, 3.05) is 0 Å². The van der Waals surface area contributed by atoms with E-state index in [1.165, 1.54) is 5.56 Å². The molecule has 0 aliphatic rings. The zero-order chi connectivity index (χ0) is 11.9. The average molecular weight is 224 g/mol. The molecule has 0 atom stereocenters. The Hall–Kier alpha value is -2.02. The molecule has 0 unspecified atom stereocenters. The van der Waals surface area contributed by atoms with Crippen molar-refractivity contribution in [3.63, 3.8) is 0 Å². The van der Waals surface area contributed by atoms with Crippen LogP contribution in [0.4, 0.5) is 0 Å². The van der Waals surface area contributed by atoms with E-state index in [9.17, 15) is 0 Å². The Bertz CT molecular complexity index is 457. The van der Waals surface area contributed by atoms with Gasteiger partial charge in [0.25, 0.3) is 0 Å². The summed E-state index contributed by atoms with van der Waals surface area (Å²) in [7, 11) is 0. The molecule has 0 radical (unpaired) electrons. The van der Waals surface area contributed by atoms with Gasteiger partial charge in [0.15, 0.2) is 0 Å². The highest BCUT2D eigenvalue weighted by Crippen LogP contribution is 2.21. The molecule has 2 aromatic rings. The molecular formula is C16H16O. The fourth-order valence-corrected chi connectivity index (χ4v) is 1.62. The number of hydrogen-bond donors (Lipinski definition) is 0. The maximum atomic E-state index is 5.72. The van der Waals surface area contributed by atoms with E-state index in [2.05, 4.69) is 18.7 Å². The Labute approximate surface area is 102 Å². The molecule has 0 amide bonds. The van der Waals surface area contributed by atoms with Crippen LogP contribution < -0.4 is 4.74 Å². The van der Waals surface area contributed by atoms with E-state index in [1.54, 1.807) is 0 Å². The zero-order valence-electron chi connectivity index (χ0n) is 9.80. The van der Waals surface area contributed by atoms with Crippen molar-refractivity contribution in [1.29, 1.82) is 0 Å². The maximum Gasteiger partial charge on any atom is 0.127 e. The van der Waals surface area contributed by atoms with Crippen molar-refractivity contribution < 1.29 is 4.74 Å². The van der Waals surface area contributed by atoms with Gasteiger partial charge >= 0.3 is 0 Å². The van der Waals surface area contributed by atoms with Crippen LogP contribution in [0, 0.1) is 0 Å². The van der Waals surface area contributed by atoms with E-state index in [0.29, 0.717) is 0 Å². The topological polar surface area (TPSA) is 9.23 Å². The van der Waals surface area contributed by atoms with Crippen LogP contribution in [0.5, 0.6) is 11.5 Å². The summed E-state index contributed by atoms with van der Waals surface area (Å²) in [5, 5.41) is 0. The van der Waals surface area contributed by atoms with E-state index in [-0.39, 0.29) is 0 Å². The highest BCUT2D eigenvalue weighted by molar-refractivity contribution is 5.33. The molecule has 17 heavy (non-hydrogen) atoms. The minimum Gasteiger partial charge on any atom is -0.457 e. The Morgan fingerprint density at radius 3 is 2.18 bits per heavy atom. The van der Waals surface area contributed by atoms with Crippen molar-refractivity contribution in [2.24, 2.45) is 0 Å². The van der Waals surface area contributed by atoms with E-state index >= 15 is 0 Å². The normalized spacial score (nSPS) is 9.88. The molecule has 0 spiro atoms. The van der Waals surface area contributed by atoms with Gasteiger partial charge in [-0.2, -0.15) is 0 Å². The number of ether oxygens (including phenoxy) is 1. The SMILES string of the molecule is C=CCCc1ccc(Oc2ccccc2)cc1. The molecule has 1 heteroatoms. The second-order valence-electron chi connectivity index (χ2n) is 3.89. The Balaban J connectivity index is 2.01. The van der Waals surface area contributed by atoms with Crippen LogP contribution in [0.25, 0.3) is 0 Å². The van der Waals surface area contributed by atoms with Gasteiger partial charge in [-0.05, 0) is 42.7 Å². The summed E-state index contributed by atoms with van der Waals surface area (Å²) in [6.07, 6.45) is 3.99. The lowest BCUT2D eigenvalue weighted by molar-refractivity contribution is 0.482. The van der Waals surface area contributed by atoms with Crippen LogP contribution in [-0.2, 0) is 6.42 Å². The first-order valence-corrected chi connectivity index (χ1v) is 5.81. The van der Waals surface area contributed by atoms with Crippen molar-refractivity contribution >= 4 is 0 Å². The minimum atomic E-state index is 0.867. The lowest BCUT2D eigenvalue weighted by Crippen LogP contribution is -1.86. The molecule has 2 aromatic carbocycles. The predicted molar refractivity (Wildman–Crippen MR) is 71.5 cm³/mol. The Morgan fingerprint density at radius 2 is 1.53 bits per heavy atom. The molecule has 0 bridgehead atoms. The van der Waals surface area contributed by atoms with Crippen molar-refractivity contribution in [3.05, 3.63) is 72.8 Å². The lowest BCUT2D eigenvalue weighted by Gasteiger charge is -2.06. The largest absolute Gasteiger partial charge is 0.457 e. The van der Waals surface area contributed by atoms with Crippen LogP contribution in [0.1, 0.15) is 12.0 Å². The Morgan fingerprint density at radius 1 is 0.882 bits per heavy atom. The smallest absolute Gasteiger partial charge is 0.127 e. The molecule has 86 valence electrons. The first-order chi connectivity index (χ1) is 8.38. The molecule has 0 fully saturated rings. The molecule has 0 heterocycles. The number of allylic oxidation sites excluding steroid dienone is 1. The van der Waals surface area contributed by atoms with Gasteiger partial charge in [0.05, 0.1) is 0 Å². The standard InChI is InChI=1S/C16H16O/c1-2-3-7-14-10-12-16(13-11-14)17-15-8-5-4-6-9-15/h2,4-6,8-13H,1,3,7H2. The van der Waals surface area contributed by atoms with Crippen molar-refractivity contribution in [3.8, 4) is 11.5 Å². The summed E-state index contributed by atoms with van der Waals surface area (Å²) >= 11 is 0. The molecule has 0 aliphatic heterocycles. The number of aryl methyl sites for hydroxylation is 1. The van der Waals surface area contributed by atoms with Crippen LogP contribution >= 0.6 is 0 Å². The molecule has 1 nitrogen and oxygen atoms in total. The van der Waals surface area contributed by atoms with E-state index in [0.717, 1.165) is 24.3 Å². The van der Waals surface area contributed by atoms with E-state index in [1.807, 2.05) is 48.5 Å². The molecule has 2 rings (SSSR count). The summed E-state index contributed by atoms with van der Waals surface area (Å²) < 4.78 is 5.72. The van der Waals surface area contributed by atoms with Gasteiger partial charge in [0.1, 0.15) is 11.5 Å². The quantitative estimate of drug-likeness (QED) is 0.674.